The first-order valence-electron chi connectivity index (χ1n) is 43.0. The lowest BCUT2D eigenvalue weighted by Crippen LogP contribution is -2.44. The normalized spacial score (nSPS) is 13.4. The molecular weight excluding hydrogens is 1270 g/mol. The van der Waals surface area contributed by atoms with E-state index in [0.29, 0.717) is 23.9 Å². The molecule has 0 aliphatic carbocycles. The van der Waals surface area contributed by atoms with Crippen LogP contribution in [0, 0.1) is 0 Å². The Balaban J connectivity index is 3.98. The summed E-state index contributed by atoms with van der Waals surface area (Å²) in [4.78, 5) is 37.7. The molecule has 0 heterocycles. The molecule has 0 aromatic rings. The molecule has 2 unspecified atom stereocenters. The maximum absolute atomic E-state index is 13.0. The van der Waals surface area contributed by atoms with Crippen LogP contribution in [-0.2, 0) is 33.3 Å². The smallest absolute Gasteiger partial charge is 0.306 e. The first-order valence-corrected chi connectivity index (χ1v) is 43.0. The summed E-state index contributed by atoms with van der Waals surface area (Å²) < 4.78 is 22.9. The van der Waals surface area contributed by atoms with E-state index >= 15 is 0 Å². The highest BCUT2D eigenvalue weighted by Crippen LogP contribution is 2.19. The molecule has 0 aliphatic heterocycles. The molecule has 0 bridgehead atoms. The number of carboxylic acid groups (broad SMARTS) is 1. The number of carbonyl (C=O) groups is 3. The lowest BCUT2D eigenvalue weighted by Gasteiger charge is -2.26. The molecule has 0 spiro atoms. The van der Waals surface area contributed by atoms with Gasteiger partial charge in [-0.3, -0.25) is 9.59 Å². The van der Waals surface area contributed by atoms with Crippen LogP contribution in [0.1, 0.15) is 373 Å². The van der Waals surface area contributed by atoms with Gasteiger partial charge in [0.25, 0.3) is 0 Å². The Hall–Kier alpha value is -4.83. The largest absolute Gasteiger partial charge is 0.545 e. The SMILES string of the molecule is CC/C=C\C/C=C\C/C=C\C/C=C\C/C=C\C/C=C\C/C=C\C/C=C\CCCCCCCCCCCCCCCCCCC(=O)OC(COC(=O)CCCCCCCCCCCCCCCCCCCCCCCCCC/C=C\C/C=C\C/C=C\C/C=C\CC)COC(OCC[N+](C)(C)C)C(=O)[O-]. The minimum absolute atomic E-state index is 0.145. The maximum Gasteiger partial charge on any atom is 0.306 e. The van der Waals surface area contributed by atoms with Crippen molar-refractivity contribution < 1.29 is 42.9 Å². The number of carbonyl (C=O) groups excluding carboxylic acids is 3. The Bertz CT molecular complexity index is 2220. The van der Waals surface area contributed by atoms with Crippen LogP contribution in [0.4, 0.5) is 0 Å². The number of hydrogen-bond donors (Lipinski definition) is 0. The Morgan fingerprint density at radius 2 is 0.524 bits per heavy atom. The third kappa shape index (κ3) is 84.3. The number of hydrogen-bond acceptors (Lipinski definition) is 8. The minimum atomic E-state index is -1.63. The van der Waals surface area contributed by atoms with Gasteiger partial charge >= 0.3 is 11.9 Å². The van der Waals surface area contributed by atoms with E-state index in [4.69, 9.17) is 18.9 Å². The van der Waals surface area contributed by atoms with Crippen molar-refractivity contribution in [2.75, 3.05) is 47.5 Å². The maximum atomic E-state index is 13.0. The standard InChI is InChI=1S/C94H161NO8/c1-6-8-10-12-14-16-18-20-22-24-26-28-30-32-34-36-38-40-42-44-45-46-47-49-51-53-55-57-59-61-63-65-67-69-71-73-75-77-79-81-83-85-92(97)103-90(89-102-94(93(98)99)100-87-86-95(3,4)5)88-101-91(96)84-82-80-78-76-74-72-70-68-66-64-62-60-58-56-54-52-50-48-43-41-39-37-35-33-31-29-27-25-23-21-19-17-15-13-11-9-7-2/h8-11,14-17,20-23,26-29,32,34,38,40,44-45,47,49,90,94H,6-7,12-13,18-19,24-25,30-31,33,35-37,39,41-43,46,48,50-89H2,1-5H3/b10-8-,11-9-,16-14-,17-15-,22-20-,23-21-,28-26-,29-27-,34-32-,40-38-,45-44-,49-47-. The number of carboxylic acids is 1. The number of esters is 2. The predicted molar refractivity (Wildman–Crippen MR) is 444 cm³/mol. The van der Waals surface area contributed by atoms with Crippen molar-refractivity contribution in [2.45, 2.75) is 386 Å². The lowest BCUT2D eigenvalue weighted by atomic mass is 10.0. The second kappa shape index (κ2) is 82.8. The average molecular weight is 1430 g/mol. The van der Waals surface area contributed by atoms with E-state index in [1.807, 2.05) is 21.1 Å². The molecule has 0 aliphatic rings. The molecule has 0 saturated heterocycles. The number of rotatable bonds is 79. The van der Waals surface area contributed by atoms with Crippen LogP contribution < -0.4 is 5.11 Å². The van der Waals surface area contributed by atoms with Crippen LogP contribution in [-0.4, -0.2) is 82.3 Å². The van der Waals surface area contributed by atoms with Crippen LogP contribution in [0.25, 0.3) is 0 Å². The van der Waals surface area contributed by atoms with Crippen LogP contribution in [0.3, 0.4) is 0 Å². The number of quaternary nitrogens is 1. The molecular formula is C94H161NO8. The van der Waals surface area contributed by atoms with Gasteiger partial charge in [0.05, 0.1) is 40.3 Å². The van der Waals surface area contributed by atoms with E-state index in [-0.39, 0.29) is 32.2 Å². The molecule has 0 N–H and O–H groups in total. The van der Waals surface area contributed by atoms with E-state index in [9.17, 15) is 19.5 Å². The van der Waals surface area contributed by atoms with Crippen molar-refractivity contribution in [3.05, 3.63) is 146 Å². The van der Waals surface area contributed by atoms with E-state index in [1.165, 1.54) is 225 Å². The number of nitrogens with zero attached hydrogens (tertiary/aromatic N) is 1. The fraction of sp³-hybridized carbons (Fsp3) is 0.713. The summed E-state index contributed by atoms with van der Waals surface area (Å²) in [6.45, 7) is 4.56. The monoisotopic (exact) mass is 1430 g/mol. The second-order valence-electron chi connectivity index (χ2n) is 29.7. The van der Waals surface area contributed by atoms with Gasteiger partial charge in [0.1, 0.15) is 13.2 Å². The Kier molecular flexibility index (Phi) is 78.9. The fourth-order valence-corrected chi connectivity index (χ4v) is 12.1. The van der Waals surface area contributed by atoms with Crippen molar-refractivity contribution in [1.82, 2.24) is 0 Å². The Morgan fingerprint density at radius 3 is 0.777 bits per heavy atom. The third-order valence-electron chi connectivity index (χ3n) is 18.6. The van der Waals surface area contributed by atoms with Gasteiger partial charge < -0.3 is 33.3 Å². The minimum Gasteiger partial charge on any atom is -0.545 e. The summed E-state index contributed by atoms with van der Waals surface area (Å²) in [5.41, 5.74) is 0. The summed E-state index contributed by atoms with van der Waals surface area (Å²) >= 11 is 0. The van der Waals surface area contributed by atoms with Crippen LogP contribution in [0.5, 0.6) is 0 Å². The quantitative estimate of drug-likeness (QED) is 0.0195. The molecule has 9 nitrogen and oxygen atoms in total. The summed E-state index contributed by atoms with van der Waals surface area (Å²) in [5, 5.41) is 11.9. The van der Waals surface area contributed by atoms with Crippen molar-refractivity contribution in [3.8, 4) is 0 Å². The van der Waals surface area contributed by atoms with E-state index in [1.54, 1.807) is 0 Å². The highest BCUT2D eigenvalue weighted by atomic mass is 16.7. The average Bonchev–Trinajstić information content (AvgIpc) is 1.01. The molecule has 2 atom stereocenters. The number of allylic oxidation sites excluding steroid dienone is 24. The Morgan fingerprint density at radius 1 is 0.291 bits per heavy atom. The molecule has 590 valence electrons. The third-order valence-corrected chi connectivity index (χ3v) is 18.6. The van der Waals surface area contributed by atoms with Crippen molar-refractivity contribution in [1.29, 1.82) is 0 Å². The lowest BCUT2D eigenvalue weighted by molar-refractivity contribution is -0.870. The summed E-state index contributed by atoms with van der Waals surface area (Å²) in [6.07, 6.45) is 118. The van der Waals surface area contributed by atoms with E-state index in [2.05, 4.69) is 160 Å². The summed E-state index contributed by atoms with van der Waals surface area (Å²) in [7, 11) is 5.94. The predicted octanol–water partition coefficient (Wildman–Crippen LogP) is 26.8. The number of likely N-dealkylation sites (N-methyl/N-ethyl adjacent to an activating group) is 1. The first-order chi connectivity index (χ1) is 50.6. The fourth-order valence-electron chi connectivity index (χ4n) is 12.1. The zero-order chi connectivity index (χ0) is 74.6. The zero-order valence-electron chi connectivity index (χ0n) is 67.7. The van der Waals surface area contributed by atoms with Gasteiger partial charge in [-0.25, -0.2) is 0 Å². The van der Waals surface area contributed by atoms with Crippen molar-refractivity contribution in [2.24, 2.45) is 0 Å². The summed E-state index contributed by atoms with van der Waals surface area (Å²) in [6, 6.07) is 0. The summed E-state index contributed by atoms with van der Waals surface area (Å²) in [5.74, 6) is -2.27. The topological polar surface area (TPSA) is 111 Å². The number of unbranched alkanes of at least 4 members (excludes halogenated alkanes) is 40. The molecule has 0 amide bonds. The Labute approximate surface area is 636 Å². The van der Waals surface area contributed by atoms with Gasteiger partial charge in [-0.15, -0.1) is 0 Å². The van der Waals surface area contributed by atoms with E-state index < -0.39 is 24.3 Å². The molecule has 0 rings (SSSR count). The van der Waals surface area contributed by atoms with E-state index in [0.717, 1.165) is 116 Å². The van der Waals surface area contributed by atoms with Gasteiger partial charge in [-0.1, -0.05) is 391 Å². The second-order valence-corrected chi connectivity index (χ2v) is 29.7. The van der Waals surface area contributed by atoms with Gasteiger partial charge in [0, 0.05) is 12.8 Å². The molecule has 0 fully saturated rings. The van der Waals surface area contributed by atoms with Crippen molar-refractivity contribution in [3.63, 3.8) is 0 Å². The molecule has 0 saturated carbocycles. The first kappa shape index (κ1) is 98.2. The van der Waals surface area contributed by atoms with Gasteiger partial charge in [-0.05, 0) is 116 Å². The van der Waals surface area contributed by atoms with Crippen LogP contribution in [0.15, 0.2) is 146 Å². The highest BCUT2D eigenvalue weighted by Gasteiger charge is 2.22. The molecule has 0 radical (unpaired) electrons. The molecule has 0 aromatic heterocycles. The molecule has 103 heavy (non-hydrogen) atoms. The van der Waals surface area contributed by atoms with Crippen LogP contribution in [0.2, 0.25) is 0 Å². The van der Waals surface area contributed by atoms with Gasteiger partial charge in [-0.2, -0.15) is 0 Å². The number of aliphatic carboxylic acids is 1. The number of ether oxygens (including phenoxy) is 4. The van der Waals surface area contributed by atoms with Crippen LogP contribution >= 0.6 is 0 Å². The zero-order valence-corrected chi connectivity index (χ0v) is 67.7. The van der Waals surface area contributed by atoms with Crippen molar-refractivity contribution >= 4 is 17.9 Å². The van der Waals surface area contributed by atoms with Gasteiger partial charge in [0.15, 0.2) is 12.4 Å². The molecule has 0 aromatic carbocycles. The molecule has 9 heteroatoms. The van der Waals surface area contributed by atoms with Gasteiger partial charge in [0.2, 0.25) is 0 Å². The highest BCUT2D eigenvalue weighted by molar-refractivity contribution is 5.70.